The fraction of sp³-hybridized carbons (Fsp3) is 0.286. The van der Waals surface area contributed by atoms with Crippen LogP contribution in [0.5, 0.6) is 0 Å². The Morgan fingerprint density at radius 3 is 1.86 bits per heavy atom. The number of hydrogen-bond donors (Lipinski definition) is 0. The first kappa shape index (κ1) is 33.0. The normalized spacial score (nSPS) is 11.2. The molecule has 0 saturated carbocycles. The first-order chi connectivity index (χ1) is 16.3. The van der Waals surface area contributed by atoms with E-state index in [9.17, 15) is 0 Å². The third kappa shape index (κ3) is 6.88. The van der Waals surface area contributed by atoms with Crippen LogP contribution in [0.25, 0.3) is 11.1 Å². The van der Waals surface area contributed by atoms with Gasteiger partial charge in [0.1, 0.15) is 0 Å². The maximum Gasteiger partial charge on any atom is 3.00 e. The van der Waals surface area contributed by atoms with Crippen molar-refractivity contribution < 1.29 is 21.7 Å². The van der Waals surface area contributed by atoms with Crippen LogP contribution in [0.4, 0.5) is 0 Å². The molecule has 0 aliphatic carbocycles. The van der Waals surface area contributed by atoms with E-state index in [0.717, 1.165) is 12.8 Å². The van der Waals surface area contributed by atoms with Crippen molar-refractivity contribution in [3.05, 3.63) is 132 Å². The molecule has 4 rings (SSSR count). The third-order valence-electron chi connectivity index (χ3n) is 7.44. The summed E-state index contributed by atoms with van der Waals surface area (Å²) in [5.74, 6) is 0. The number of aryl methyl sites for hydroxylation is 4. The minimum absolute atomic E-state index is 0. The molecule has 0 aliphatic rings. The first-order valence-electron chi connectivity index (χ1n) is 12.6. The molecule has 1 unspecified atom stereocenters. The molecule has 0 aliphatic heterocycles. The topological polar surface area (TPSA) is 0 Å². The molecule has 0 aromatic heterocycles. The molecule has 0 saturated heterocycles. The van der Waals surface area contributed by atoms with E-state index in [2.05, 4.69) is 115 Å². The molecule has 1 atom stereocenters. The summed E-state index contributed by atoms with van der Waals surface area (Å²) in [6.45, 7) is 16.0. The van der Waals surface area contributed by atoms with Crippen LogP contribution in [0.1, 0.15) is 69.5 Å². The molecule has 3 radical (unpaired) electrons. The van der Waals surface area contributed by atoms with Crippen LogP contribution in [0, 0.1) is 49.5 Å². The van der Waals surface area contributed by atoms with E-state index < -0.39 is 0 Å². The average Bonchev–Trinajstić information content (AvgIpc) is 3.07. The molecule has 0 nitrogen and oxygen atoms in total. The Balaban J connectivity index is 0.00000228. The summed E-state index contributed by atoms with van der Waals surface area (Å²) in [6, 6.07) is 25.3. The second-order valence-electron chi connectivity index (χ2n) is 9.71. The minimum atomic E-state index is 0. The SMILES string of the molecule is CCc1cc(CC)cc([Si]C(c2ccc(C)cc2C)[c-]2c(C)c(C)c(C)c2-c2ccccc2)c1.[CH3-].[CH3-].[Ti+3]. The fourth-order valence-electron chi connectivity index (χ4n) is 5.27. The van der Waals surface area contributed by atoms with Gasteiger partial charge in [-0.25, -0.2) is 0 Å². The van der Waals surface area contributed by atoms with Crippen LogP contribution >= 0.6 is 0 Å². The van der Waals surface area contributed by atoms with Crippen molar-refractivity contribution in [1.29, 1.82) is 0 Å². The summed E-state index contributed by atoms with van der Waals surface area (Å²) >= 11 is 0. The molecule has 37 heavy (non-hydrogen) atoms. The molecule has 0 fully saturated rings. The molecule has 0 heterocycles. The minimum Gasteiger partial charge on any atom is -0.358 e. The van der Waals surface area contributed by atoms with E-state index in [4.69, 9.17) is 0 Å². The average molecular weight is 540 g/mol. The summed E-state index contributed by atoms with van der Waals surface area (Å²) < 4.78 is 0. The van der Waals surface area contributed by atoms with Crippen LogP contribution in [0.3, 0.4) is 0 Å². The van der Waals surface area contributed by atoms with E-state index in [1.165, 1.54) is 66.4 Å². The number of benzene rings is 3. The molecule has 0 amide bonds. The molecular formula is C35H43SiTi. The van der Waals surface area contributed by atoms with Gasteiger partial charge in [-0.15, -0.1) is 16.7 Å². The predicted molar refractivity (Wildman–Crippen MR) is 163 cm³/mol. The molecule has 0 N–H and O–H groups in total. The molecule has 4 aromatic carbocycles. The van der Waals surface area contributed by atoms with Crippen LogP contribution in [0.15, 0.2) is 66.7 Å². The van der Waals surface area contributed by atoms with Gasteiger partial charge in [-0.05, 0) is 54.5 Å². The van der Waals surface area contributed by atoms with Crippen molar-refractivity contribution in [2.24, 2.45) is 0 Å². The maximum atomic E-state index is 2.45. The molecule has 0 bridgehead atoms. The Hall–Kier alpha value is -2.06. The summed E-state index contributed by atoms with van der Waals surface area (Å²) in [5.41, 5.74) is 16.1. The van der Waals surface area contributed by atoms with Crippen molar-refractivity contribution in [3.8, 4) is 11.1 Å². The van der Waals surface area contributed by atoms with Crippen LogP contribution in [0.2, 0.25) is 0 Å². The van der Waals surface area contributed by atoms with Gasteiger partial charge >= 0.3 is 21.7 Å². The van der Waals surface area contributed by atoms with E-state index in [0.29, 0.717) is 15.1 Å². The van der Waals surface area contributed by atoms with Gasteiger partial charge in [0, 0.05) is 0 Å². The fourth-order valence-corrected chi connectivity index (χ4v) is 7.13. The molecule has 4 aromatic rings. The smallest absolute Gasteiger partial charge is 0.358 e. The second-order valence-corrected chi connectivity index (χ2v) is 11.2. The van der Waals surface area contributed by atoms with E-state index in [1.54, 1.807) is 0 Å². The Labute approximate surface area is 245 Å². The second kappa shape index (κ2) is 14.2. The van der Waals surface area contributed by atoms with Crippen molar-refractivity contribution >= 4 is 14.7 Å². The van der Waals surface area contributed by atoms with Crippen LogP contribution < -0.4 is 5.19 Å². The summed E-state index contributed by atoms with van der Waals surface area (Å²) in [7, 11) is 0.690. The van der Waals surface area contributed by atoms with E-state index >= 15 is 0 Å². The largest absolute Gasteiger partial charge is 3.00 e. The van der Waals surface area contributed by atoms with Gasteiger partial charge in [-0.2, -0.15) is 11.1 Å². The van der Waals surface area contributed by atoms with Gasteiger partial charge in [-0.3, -0.25) is 0 Å². The Morgan fingerprint density at radius 2 is 1.32 bits per heavy atom. The van der Waals surface area contributed by atoms with Gasteiger partial charge in [0.15, 0.2) is 0 Å². The molecule has 191 valence electrons. The Kier molecular flexibility index (Phi) is 12.6. The quantitative estimate of drug-likeness (QED) is 0.163. The summed E-state index contributed by atoms with van der Waals surface area (Å²) in [6.07, 6.45) is 2.17. The zero-order valence-electron chi connectivity index (χ0n) is 24.3. The number of hydrogen-bond acceptors (Lipinski definition) is 0. The zero-order chi connectivity index (χ0) is 24.4. The molecule has 0 spiro atoms. The Bertz CT molecular complexity index is 1270. The van der Waals surface area contributed by atoms with Gasteiger partial charge in [0.25, 0.3) is 0 Å². The predicted octanol–water partition coefficient (Wildman–Crippen LogP) is 8.76. The van der Waals surface area contributed by atoms with E-state index in [1.807, 2.05) is 0 Å². The first-order valence-corrected chi connectivity index (χ1v) is 13.7. The van der Waals surface area contributed by atoms with Gasteiger partial charge < -0.3 is 14.9 Å². The van der Waals surface area contributed by atoms with Crippen molar-refractivity contribution in [3.63, 3.8) is 0 Å². The summed E-state index contributed by atoms with van der Waals surface area (Å²) in [5, 5.41) is 1.48. The number of rotatable bonds is 7. The van der Waals surface area contributed by atoms with Gasteiger partial charge in [-0.1, -0.05) is 118 Å². The van der Waals surface area contributed by atoms with Gasteiger partial charge in [0.2, 0.25) is 0 Å². The zero-order valence-corrected chi connectivity index (χ0v) is 26.9. The standard InChI is InChI=1S/C33H37Si.2CH3.Ti/c1-8-26-18-27(9-2)20-29(19-26)34-33(30-16-15-21(3)17-22(30)4)32-25(7)23(5)24(6)31(32)28-13-11-10-12-14-28;;;/h10-20,33H,8-9H2,1-7H3;2*1H3;/q3*-1;+3. The van der Waals surface area contributed by atoms with Crippen molar-refractivity contribution in [2.45, 2.75) is 66.8 Å². The van der Waals surface area contributed by atoms with Crippen molar-refractivity contribution in [2.75, 3.05) is 0 Å². The summed E-state index contributed by atoms with van der Waals surface area (Å²) in [4.78, 5) is 0. The molecule has 2 heteroatoms. The van der Waals surface area contributed by atoms with Gasteiger partial charge in [0.05, 0.1) is 9.52 Å². The third-order valence-corrected chi connectivity index (χ3v) is 8.95. The Morgan fingerprint density at radius 1 is 0.730 bits per heavy atom. The van der Waals surface area contributed by atoms with Crippen LogP contribution in [-0.2, 0) is 34.6 Å². The van der Waals surface area contributed by atoms with Crippen LogP contribution in [-0.4, -0.2) is 9.52 Å². The monoisotopic (exact) mass is 539 g/mol. The van der Waals surface area contributed by atoms with E-state index in [-0.39, 0.29) is 36.6 Å². The maximum absolute atomic E-state index is 2.45. The van der Waals surface area contributed by atoms with Crippen molar-refractivity contribution in [1.82, 2.24) is 0 Å². The molecular weight excluding hydrogens is 496 g/mol.